The zero-order chi connectivity index (χ0) is 11.8. The molecule has 0 aliphatic rings. The van der Waals surface area contributed by atoms with E-state index in [1.54, 1.807) is 12.1 Å². The number of hydrogen-bond acceptors (Lipinski definition) is 3. The Bertz CT molecular complexity index is 296. The van der Waals surface area contributed by atoms with Gasteiger partial charge in [-0.05, 0) is 24.6 Å². The van der Waals surface area contributed by atoms with Gasteiger partial charge in [-0.2, -0.15) is 0 Å². The van der Waals surface area contributed by atoms with E-state index in [4.69, 9.17) is 5.73 Å². The van der Waals surface area contributed by atoms with E-state index in [1.807, 2.05) is 6.92 Å². The van der Waals surface area contributed by atoms with Crippen LogP contribution in [-0.4, -0.2) is 13.1 Å². The van der Waals surface area contributed by atoms with Crippen molar-refractivity contribution in [2.45, 2.75) is 19.9 Å². The molecule has 0 saturated carbocycles. The van der Waals surface area contributed by atoms with Gasteiger partial charge >= 0.3 is 5.97 Å². The van der Waals surface area contributed by atoms with Crippen LogP contribution in [0.15, 0.2) is 24.3 Å². The molecule has 0 aliphatic carbocycles. The number of nitrogens with two attached hydrogens (primary N) is 1. The molecule has 0 heterocycles. The maximum atomic E-state index is 12.3. The van der Waals surface area contributed by atoms with Crippen molar-refractivity contribution in [3.8, 4) is 0 Å². The number of halogens is 1. The van der Waals surface area contributed by atoms with Crippen molar-refractivity contribution < 1.29 is 13.9 Å². The standard InChI is InChI=1S/C8H10FN.C3H6O2/c1-6(10)7-2-4-8(9)5-3-7;1-3(4)5-2/h2-6H,10H2,1H3;1-2H3. The first kappa shape index (κ1) is 13.6. The Morgan fingerprint density at radius 2 is 1.80 bits per heavy atom. The second kappa shape index (κ2) is 6.95. The lowest BCUT2D eigenvalue weighted by Crippen LogP contribution is -2.04. The van der Waals surface area contributed by atoms with Crippen LogP contribution in [0.5, 0.6) is 0 Å². The molecule has 0 amide bonds. The fraction of sp³-hybridized carbons (Fsp3) is 0.364. The summed E-state index contributed by atoms with van der Waals surface area (Å²) in [5.74, 6) is -0.464. The number of benzene rings is 1. The molecule has 1 aromatic rings. The van der Waals surface area contributed by atoms with E-state index in [1.165, 1.54) is 26.2 Å². The average Bonchev–Trinajstić information content (AvgIpc) is 2.19. The molecule has 0 aliphatic heterocycles. The minimum absolute atomic E-state index is 0.0133. The molecule has 0 saturated heterocycles. The number of carbonyl (C=O) groups excluding carboxylic acids is 1. The summed E-state index contributed by atoms with van der Waals surface area (Å²) in [6.07, 6.45) is 0. The molecule has 84 valence electrons. The Hall–Kier alpha value is -1.42. The second-order valence-electron chi connectivity index (χ2n) is 3.04. The smallest absolute Gasteiger partial charge is 0.302 e. The van der Waals surface area contributed by atoms with Crippen molar-refractivity contribution >= 4 is 5.97 Å². The summed E-state index contributed by atoms with van der Waals surface area (Å²) in [7, 11) is 1.35. The number of ether oxygens (including phenoxy) is 1. The molecule has 2 N–H and O–H groups in total. The second-order valence-corrected chi connectivity index (χ2v) is 3.04. The largest absolute Gasteiger partial charge is 0.469 e. The van der Waals surface area contributed by atoms with Crippen molar-refractivity contribution in [1.82, 2.24) is 0 Å². The first-order chi connectivity index (χ1) is 6.97. The van der Waals surface area contributed by atoms with Gasteiger partial charge in [-0.1, -0.05) is 12.1 Å². The van der Waals surface area contributed by atoms with E-state index < -0.39 is 0 Å². The van der Waals surface area contributed by atoms with E-state index in [9.17, 15) is 9.18 Å². The molecule has 1 aromatic carbocycles. The molecule has 0 spiro atoms. The van der Waals surface area contributed by atoms with Crippen LogP contribution < -0.4 is 5.73 Å². The highest BCUT2D eigenvalue weighted by Gasteiger charge is 1.96. The Labute approximate surface area is 89.0 Å². The van der Waals surface area contributed by atoms with Crippen LogP contribution >= 0.6 is 0 Å². The Kier molecular flexibility index (Phi) is 6.29. The van der Waals surface area contributed by atoms with Crippen LogP contribution in [0.2, 0.25) is 0 Å². The lowest BCUT2D eigenvalue weighted by molar-refractivity contribution is -0.137. The highest BCUT2D eigenvalue weighted by atomic mass is 19.1. The van der Waals surface area contributed by atoms with E-state index >= 15 is 0 Å². The molecule has 3 nitrogen and oxygen atoms in total. The van der Waals surface area contributed by atoms with E-state index in [0.29, 0.717) is 0 Å². The summed E-state index contributed by atoms with van der Waals surface area (Å²) in [5, 5.41) is 0. The number of rotatable bonds is 1. The van der Waals surface area contributed by atoms with E-state index in [0.717, 1.165) is 5.56 Å². The normalized spacial score (nSPS) is 11.0. The van der Waals surface area contributed by atoms with E-state index in [2.05, 4.69) is 4.74 Å². The summed E-state index contributed by atoms with van der Waals surface area (Å²) in [6.45, 7) is 3.23. The molecule has 1 unspecified atom stereocenters. The fourth-order valence-electron chi connectivity index (χ4n) is 0.766. The molecule has 1 atom stereocenters. The number of hydrogen-bond donors (Lipinski definition) is 1. The fourth-order valence-corrected chi connectivity index (χ4v) is 0.766. The SMILES string of the molecule is CC(N)c1ccc(F)cc1.COC(C)=O. The van der Waals surface area contributed by atoms with E-state index in [-0.39, 0.29) is 17.8 Å². The molecule has 1 rings (SSSR count). The maximum Gasteiger partial charge on any atom is 0.302 e. The molecule has 0 radical (unpaired) electrons. The lowest BCUT2D eigenvalue weighted by atomic mass is 10.1. The van der Waals surface area contributed by atoms with Gasteiger partial charge in [-0.3, -0.25) is 4.79 Å². The number of methoxy groups -OCH3 is 1. The van der Waals surface area contributed by atoms with Gasteiger partial charge in [-0.25, -0.2) is 4.39 Å². The van der Waals surface area contributed by atoms with Crippen LogP contribution in [0.4, 0.5) is 4.39 Å². The highest BCUT2D eigenvalue weighted by Crippen LogP contribution is 2.09. The van der Waals surface area contributed by atoms with Crippen LogP contribution in [0, 0.1) is 5.82 Å². The van der Waals surface area contributed by atoms with Gasteiger partial charge in [0.05, 0.1) is 7.11 Å². The van der Waals surface area contributed by atoms with Crippen LogP contribution in [0.1, 0.15) is 25.5 Å². The number of esters is 1. The third-order valence-corrected chi connectivity index (χ3v) is 1.68. The van der Waals surface area contributed by atoms with Gasteiger partial charge in [0.25, 0.3) is 0 Å². The van der Waals surface area contributed by atoms with Crippen molar-refractivity contribution in [2.75, 3.05) is 7.11 Å². The summed E-state index contributed by atoms with van der Waals surface area (Å²) in [4.78, 5) is 9.59. The third-order valence-electron chi connectivity index (χ3n) is 1.68. The van der Waals surface area contributed by atoms with Crippen LogP contribution in [0.3, 0.4) is 0 Å². The quantitative estimate of drug-likeness (QED) is 0.726. The lowest BCUT2D eigenvalue weighted by Gasteiger charge is -2.02. The van der Waals surface area contributed by atoms with Crippen molar-refractivity contribution in [1.29, 1.82) is 0 Å². The van der Waals surface area contributed by atoms with Crippen molar-refractivity contribution in [2.24, 2.45) is 5.73 Å². The highest BCUT2D eigenvalue weighted by molar-refractivity contribution is 5.65. The molecule has 0 aromatic heterocycles. The summed E-state index contributed by atoms with van der Waals surface area (Å²) in [5.41, 5.74) is 6.50. The van der Waals surface area contributed by atoms with Gasteiger partial charge in [0.15, 0.2) is 0 Å². The zero-order valence-electron chi connectivity index (χ0n) is 9.16. The molecule has 15 heavy (non-hydrogen) atoms. The first-order valence-electron chi connectivity index (χ1n) is 4.53. The van der Waals surface area contributed by atoms with Gasteiger partial charge in [0.2, 0.25) is 0 Å². The summed E-state index contributed by atoms with van der Waals surface area (Å²) < 4.78 is 16.4. The topological polar surface area (TPSA) is 52.3 Å². The van der Waals surface area contributed by atoms with Crippen LogP contribution in [-0.2, 0) is 9.53 Å². The molecular weight excluding hydrogens is 197 g/mol. The minimum atomic E-state index is -0.245. The molecular formula is C11H16FNO2. The number of carbonyl (C=O) groups is 1. The monoisotopic (exact) mass is 213 g/mol. The van der Waals surface area contributed by atoms with Gasteiger partial charge in [0.1, 0.15) is 5.82 Å². The molecule has 0 bridgehead atoms. The predicted octanol–water partition coefficient (Wildman–Crippen LogP) is 2.02. The predicted molar refractivity (Wildman–Crippen MR) is 56.7 cm³/mol. The Balaban J connectivity index is 0.000000336. The zero-order valence-corrected chi connectivity index (χ0v) is 9.16. The average molecular weight is 213 g/mol. The summed E-state index contributed by atoms with van der Waals surface area (Å²) in [6, 6.07) is 6.21. The van der Waals surface area contributed by atoms with Crippen molar-refractivity contribution in [3.05, 3.63) is 35.6 Å². The van der Waals surface area contributed by atoms with Gasteiger partial charge < -0.3 is 10.5 Å². The summed E-state index contributed by atoms with van der Waals surface area (Å²) >= 11 is 0. The van der Waals surface area contributed by atoms with Crippen LogP contribution in [0.25, 0.3) is 0 Å². The van der Waals surface area contributed by atoms with Crippen molar-refractivity contribution in [3.63, 3.8) is 0 Å². The molecule has 4 heteroatoms. The molecule has 0 fully saturated rings. The minimum Gasteiger partial charge on any atom is -0.469 e. The Morgan fingerprint density at radius 1 is 1.40 bits per heavy atom. The Morgan fingerprint density at radius 3 is 2.07 bits per heavy atom. The maximum absolute atomic E-state index is 12.3. The first-order valence-corrected chi connectivity index (χ1v) is 4.53. The third kappa shape index (κ3) is 6.62. The van der Waals surface area contributed by atoms with Gasteiger partial charge in [-0.15, -0.1) is 0 Å². The van der Waals surface area contributed by atoms with Gasteiger partial charge in [0, 0.05) is 13.0 Å².